The van der Waals surface area contributed by atoms with Crippen molar-refractivity contribution < 1.29 is 82.9 Å². The Morgan fingerprint density at radius 2 is 1.49 bits per heavy atom. The highest BCUT2D eigenvalue weighted by Gasteiger charge is 2.60. The molecule has 0 spiro atoms. The summed E-state index contributed by atoms with van der Waals surface area (Å²) in [4.78, 5) is 25.5. The summed E-state index contributed by atoms with van der Waals surface area (Å²) in [5, 5.41) is 63.0. The van der Waals surface area contributed by atoms with Crippen LogP contribution in [0.3, 0.4) is 0 Å². The first-order valence-corrected chi connectivity index (χ1v) is 14.9. The Hall–Kier alpha value is -4.04. The predicted molar refractivity (Wildman–Crippen MR) is 164 cm³/mol. The van der Waals surface area contributed by atoms with Crippen LogP contribution in [0.1, 0.15) is 15.9 Å². The molecular formula is C32H40O17. The van der Waals surface area contributed by atoms with Crippen LogP contribution in [0.5, 0.6) is 23.0 Å². The molecule has 4 rings (SSSR count). The first kappa shape index (κ1) is 37.8. The van der Waals surface area contributed by atoms with Crippen molar-refractivity contribution in [1.82, 2.24) is 0 Å². The lowest BCUT2D eigenvalue weighted by atomic mass is 9.98. The number of hydrogen-bond acceptors (Lipinski definition) is 17. The van der Waals surface area contributed by atoms with E-state index in [9.17, 15) is 40.2 Å². The molecule has 6 N–H and O–H groups in total. The summed E-state index contributed by atoms with van der Waals surface area (Å²) in [6.07, 6.45) is -11.7. The molecule has 0 aliphatic carbocycles. The average Bonchev–Trinajstić information content (AvgIpc) is 3.39. The normalized spacial score (nSPS) is 29.8. The number of ether oxygens (including phenoxy) is 9. The van der Waals surface area contributed by atoms with Crippen LogP contribution in [-0.4, -0.2) is 146 Å². The maximum absolute atomic E-state index is 13.0. The maximum atomic E-state index is 13.0. The minimum Gasteiger partial charge on any atom is -0.497 e. The number of aliphatic hydroxyl groups is 6. The van der Waals surface area contributed by atoms with E-state index in [1.165, 1.54) is 58.8 Å². The van der Waals surface area contributed by atoms with Crippen molar-refractivity contribution in [1.29, 1.82) is 0 Å². The van der Waals surface area contributed by atoms with E-state index in [1.54, 1.807) is 12.1 Å². The Kier molecular flexibility index (Phi) is 12.8. The molecule has 0 aromatic heterocycles. The lowest BCUT2D eigenvalue weighted by molar-refractivity contribution is -0.383. The summed E-state index contributed by atoms with van der Waals surface area (Å²) >= 11 is 0. The number of carbonyl (C=O) groups is 2. The van der Waals surface area contributed by atoms with E-state index in [4.69, 9.17) is 42.6 Å². The molecule has 2 aliphatic rings. The van der Waals surface area contributed by atoms with Crippen molar-refractivity contribution in [2.75, 3.05) is 48.3 Å². The standard InChI is InChI=1S/C32H40O17/c1-41-18-8-6-17(7-9-18)30(40)45-14-22-24(36)26(38)27(39)31(46-22)49-32(15-34)29(25(37)21(13-33)48-32)47-23(35)10-5-16-11-19(42-2)28(44-4)20(12-16)43-3/h5-12,21-22,24-27,29,31,33-34,36-39H,13-15H2,1-4H3. The van der Waals surface area contributed by atoms with Gasteiger partial charge in [-0.05, 0) is 48.0 Å². The van der Waals surface area contributed by atoms with Crippen molar-refractivity contribution >= 4 is 18.0 Å². The molecule has 17 nitrogen and oxygen atoms in total. The molecular weight excluding hydrogens is 656 g/mol. The number of benzene rings is 2. The summed E-state index contributed by atoms with van der Waals surface area (Å²) in [7, 11) is 5.71. The molecule has 0 amide bonds. The minimum absolute atomic E-state index is 0.145. The molecule has 2 aromatic rings. The molecule has 2 saturated heterocycles. The van der Waals surface area contributed by atoms with Gasteiger partial charge in [0.1, 0.15) is 55.6 Å². The Bertz CT molecular complexity index is 1420. The van der Waals surface area contributed by atoms with Gasteiger partial charge in [-0.3, -0.25) is 0 Å². The van der Waals surface area contributed by atoms with E-state index in [1.807, 2.05) is 0 Å². The maximum Gasteiger partial charge on any atom is 0.338 e. The highest BCUT2D eigenvalue weighted by molar-refractivity contribution is 5.89. The van der Waals surface area contributed by atoms with Crippen LogP contribution in [0.2, 0.25) is 0 Å². The molecule has 9 unspecified atom stereocenters. The SMILES string of the molecule is COc1ccc(C(=O)OCC2OC(OC3(CO)OC(CO)C(O)C3OC(=O)C=Cc3cc(OC)c(OC)c(OC)c3)C(O)C(O)C2O)cc1. The molecule has 270 valence electrons. The van der Waals surface area contributed by atoms with Gasteiger partial charge in [0.25, 0.3) is 0 Å². The molecule has 9 atom stereocenters. The highest BCUT2D eigenvalue weighted by atomic mass is 16.8. The van der Waals surface area contributed by atoms with Crippen LogP contribution in [0.15, 0.2) is 42.5 Å². The first-order chi connectivity index (χ1) is 23.4. The number of esters is 2. The fourth-order valence-electron chi connectivity index (χ4n) is 5.25. The summed E-state index contributed by atoms with van der Waals surface area (Å²) < 4.78 is 48.6. The number of rotatable bonds is 14. The van der Waals surface area contributed by atoms with E-state index in [-0.39, 0.29) is 5.56 Å². The van der Waals surface area contributed by atoms with Crippen molar-refractivity contribution in [2.24, 2.45) is 0 Å². The van der Waals surface area contributed by atoms with E-state index < -0.39 is 86.6 Å². The number of hydrogen-bond donors (Lipinski definition) is 6. The Morgan fingerprint density at radius 3 is 2.04 bits per heavy atom. The van der Waals surface area contributed by atoms with Gasteiger partial charge in [-0.1, -0.05) is 0 Å². The Labute approximate surface area is 280 Å². The summed E-state index contributed by atoms with van der Waals surface area (Å²) in [6, 6.07) is 9.04. The average molecular weight is 697 g/mol. The zero-order valence-electron chi connectivity index (χ0n) is 27.0. The van der Waals surface area contributed by atoms with Gasteiger partial charge in [-0.25, -0.2) is 9.59 Å². The van der Waals surface area contributed by atoms with Gasteiger partial charge in [0.05, 0.1) is 40.6 Å². The first-order valence-electron chi connectivity index (χ1n) is 14.9. The number of carbonyl (C=O) groups excluding carboxylic acids is 2. The van der Waals surface area contributed by atoms with Gasteiger partial charge in [0.15, 0.2) is 23.9 Å². The van der Waals surface area contributed by atoms with Crippen LogP contribution in [0.4, 0.5) is 0 Å². The zero-order chi connectivity index (χ0) is 35.9. The van der Waals surface area contributed by atoms with Crippen molar-refractivity contribution in [3.8, 4) is 23.0 Å². The van der Waals surface area contributed by atoms with Gasteiger partial charge >= 0.3 is 11.9 Å². The number of methoxy groups -OCH3 is 4. The highest BCUT2D eigenvalue weighted by Crippen LogP contribution is 2.40. The quantitative estimate of drug-likeness (QED) is 0.100. The topological polar surface area (TPSA) is 239 Å². The van der Waals surface area contributed by atoms with Gasteiger partial charge in [-0.15, -0.1) is 0 Å². The predicted octanol–water partition coefficient (Wildman–Crippen LogP) is -1.23. The molecule has 0 saturated carbocycles. The third kappa shape index (κ3) is 8.23. The van der Waals surface area contributed by atoms with Crippen LogP contribution in [0, 0.1) is 0 Å². The van der Waals surface area contributed by atoms with Crippen LogP contribution in [0.25, 0.3) is 6.08 Å². The summed E-state index contributed by atoms with van der Waals surface area (Å²) in [5.74, 6) is -2.88. The van der Waals surface area contributed by atoms with Crippen molar-refractivity contribution in [2.45, 2.75) is 54.8 Å². The molecule has 0 bridgehead atoms. The third-order valence-corrected chi connectivity index (χ3v) is 7.91. The van der Waals surface area contributed by atoms with Gasteiger partial charge in [-0.2, -0.15) is 0 Å². The van der Waals surface area contributed by atoms with Gasteiger partial charge in [0.2, 0.25) is 11.5 Å². The van der Waals surface area contributed by atoms with E-state index in [2.05, 4.69) is 0 Å². The van der Waals surface area contributed by atoms with E-state index >= 15 is 0 Å². The molecule has 17 heteroatoms. The lowest BCUT2D eigenvalue weighted by Crippen LogP contribution is -2.63. The van der Waals surface area contributed by atoms with Crippen LogP contribution >= 0.6 is 0 Å². The fraction of sp³-hybridized carbons (Fsp3) is 0.500. The largest absolute Gasteiger partial charge is 0.497 e. The number of aliphatic hydroxyl groups excluding tert-OH is 6. The summed E-state index contributed by atoms with van der Waals surface area (Å²) in [6.45, 7) is -2.53. The fourth-order valence-corrected chi connectivity index (χ4v) is 5.25. The van der Waals surface area contributed by atoms with Gasteiger partial charge < -0.3 is 73.3 Å². The molecule has 2 aromatic carbocycles. The second-order valence-corrected chi connectivity index (χ2v) is 10.9. The minimum atomic E-state index is -2.46. The molecule has 49 heavy (non-hydrogen) atoms. The Balaban J connectivity index is 1.51. The molecule has 2 aliphatic heterocycles. The third-order valence-electron chi connectivity index (χ3n) is 7.91. The molecule has 2 fully saturated rings. The van der Waals surface area contributed by atoms with Crippen molar-refractivity contribution in [3.05, 3.63) is 53.6 Å². The lowest BCUT2D eigenvalue weighted by Gasteiger charge is -2.43. The second-order valence-electron chi connectivity index (χ2n) is 10.9. The van der Waals surface area contributed by atoms with Crippen molar-refractivity contribution in [3.63, 3.8) is 0 Å². The van der Waals surface area contributed by atoms with E-state index in [0.29, 0.717) is 28.6 Å². The smallest absolute Gasteiger partial charge is 0.338 e. The Morgan fingerprint density at radius 1 is 0.837 bits per heavy atom. The van der Waals surface area contributed by atoms with Crippen LogP contribution in [-0.2, 0) is 28.5 Å². The molecule has 0 radical (unpaired) electrons. The zero-order valence-corrected chi connectivity index (χ0v) is 27.0. The molecule has 2 heterocycles. The summed E-state index contributed by atoms with van der Waals surface area (Å²) in [5.41, 5.74) is 0.573. The van der Waals surface area contributed by atoms with Gasteiger partial charge in [0, 0.05) is 6.08 Å². The van der Waals surface area contributed by atoms with E-state index in [0.717, 1.165) is 6.08 Å². The second kappa shape index (κ2) is 16.6. The van der Waals surface area contributed by atoms with Crippen LogP contribution < -0.4 is 18.9 Å². The monoisotopic (exact) mass is 696 g/mol.